The fraction of sp³-hybridized carbons (Fsp3) is 0.545. The fourth-order valence-corrected chi connectivity index (χ4v) is 2.14. The Labute approximate surface area is 107 Å². The average molecular weight is 271 g/mol. The summed E-state index contributed by atoms with van der Waals surface area (Å²) in [4.78, 5) is 1.95. The fourth-order valence-electron chi connectivity index (χ4n) is 2.14. The summed E-state index contributed by atoms with van der Waals surface area (Å²) in [7, 11) is 0. The van der Waals surface area contributed by atoms with E-state index in [1.165, 1.54) is 6.07 Å². The summed E-state index contributed by atoms with van der Waals surface area (Å²) >= 11 is 0. The monoisotopic (exact) mass is 271 g/mol. The first kappa shape index (κ1) is 12.2. The van der Waals surface area contributed by atoms with Crippen LogP contribution in [0.5, 0.6) is 0 Å². The largest absolute Gasteiger partial charge is 0.453 e. The standard InChI is InChI=1S/C11H12F3N5/c1-2-7-5-18(6-7)9-4-3-8-15-16-10(11(12,13)14)19(8)17-9/h3-4,7H,2,5-6H2,1H3. The van der Waals surface area contributed by atoms with Crippen molar-refractivity contribution in [2.24, 2.45) is 5.92 Å². The van der Waals surface area contributed by atoms with Gasteiger partial charge < -0.3 is 4.90 Å². The minimum Gasteiger partial charge on any atom is -0.354 e. The molecule has 0 aliphatic carbocycles. The van der Waals surface area contributed by atoms with E-state index < -0.39 is 12.0 Å². The second-order valence-corrected chi connectivity index (χ2v) is 4.66. The Bertz CT molecular complexity index is 600. The molecule has 8 heteroatoms. The molecule has 0 unspecified atom stereocenters. The van der Waals surface area contributed by atoms with Crippen molar-refractivity contribution in [2.45, 2.75) is 19.5 Å². The van der Waals surface area contributed by atoms with Crippen molar-refractivity contribution in [2.75, 3.05) is 18.0 Å². The molecule has 5 nitrogen and oxygen atoms in total. The number of halogens is 3. The minimum atomic E-state index is -4.55. The van der Waals surface area contributed by atoms with E-state index >= 15 is 0 Å². The van der Waals surface area contributed by atoms with Crippen molar-refractivity contribution in [3.05, 3.63) is 18.0 Å². The number of anilines is 1. The van der Waals surface area contributed by atoms with E-state index in [2.05, 4.69) is 22.2 Å². The molecule has 2 aromatic rings. The Morgan fingerprint density at radius 3 is 2.63 bits per heavy atom. The van der Waals surface area contributed by atoms with Crippen molar-refractivity contribution in [3.8, 4) is 0 Å². The molecule has 3 rings (SSSR count). The molecule has 0 aromatic carbocycles. The van der Waals surface area contributed by atoms with Gasteiger partial charge in [0.05, 0.1) is 0 Å². The maximum Gasteiger partial charge on any atom is 0.453 e. The lowest BCUT2D eigenvalue weighted by molar-refractivity contribution is -0.146. The first-order chi connectivity index (χ1) is 8.99. The van der Waals surface area contributed by atoms with Crippen molar-refractivity contribution in [1.29, 1.82) is 0 Å². The maximum atomic E-state index is 12.7. The van der Waals surface area contributed by atoms with Gasteiger partial charge in [-0.25, -0.2) is 0 Å². The molecule has 3 heterocycles. The van der Waals surface area contributed by atoms with Crippen LogP contribution >= 0.6 is 0 Å². The van der Waals surface area contributed by atoms with Gasteiger partial charge in [-0.05, 0) is 24.5 Å². The van der Waals surface area contributed by atoms with Gasteiger partial charge >= 0.3 is 6.18 Å². The van der Waals surface area contributed by atoms with Crippen LogP contribution in [0.1, 0.15) is 19.2 Å². The Kier molecular flexibility index (Phi) is 2.61. The van der Waals surface area contributed by atoms with Crippen LogP contribution in [-0.2, 0) is 6.18 Å². The van der Waals surface area contributed by atoms with E-state index in [0.717, 1.165) is 24.0 Å². The number of aromatic nitrogens is 4. The van der Waals surface area contributed by atoms with Crippen LogP contribution in [0.2, 0.25) is 0 Å². The van der Waals surface area contributed by atoms with Gasteiger partial charge in [-0.1, -0.05) is 6.92 Å². The van der Waals surface area contributed by atoms with Crippen molar-refractivity contribution < 1.29 is 13.2 Å². The molecule has 0 N–H and O–H groups in total. The number of hydrogen-bond acceptors (Lipinski definition) is 4. The molecule has 1 saturated heterocycles. The van der Waals surface area contributed by atoms with Gasteiger partial charge in [-0.3, -0.25) is 0 Å². The first-order valence-corrected chi connectivity index (χ1v) is 6.03. The molecule has 1 aliphatic heterocycles. The molecule has 0 atom stereocenters. The van der Waals surface area contributed by atoms with Crippen LogP contribution in [-0.4, -0.2) is 32.9 Å². The van der Waals surface area contributed by atoms with Crippen LogP contribution in [0.25, 0.3) is 5.65 Å². The summed E-state index contributed by atoms with van der Waals surface area (Å²) in [6, 6.07) is 3.18. The highest BCUT2D eigenvalue weighted by molar-refractivity contribution is 5.47. The van der Waals surface area contributed by atoms with Crippen molar-refractivity contribution in [1.82, 2.24) is 19.8 Å². The third kappa shape index (κ3) is 2.00. The highest BCUT2D eigenvalue weighted by atomic mass is 19.4. The smallest absolute Gasteiger partial charge is 0.354 e. The van der Waals surface area contributed by atoms with E-state index in [-0.39, 0.29) is 5.65 Å². The molecule has 102 valence electrons. The van der Waals surface area contributed by atoms with Gasteiger partial charge in [0.1, 0.15) is 5.82 Å². The summed E-state index contributed by atoms with van der Waals surface area (Å²) in [6.45, 7) is 3.76. The minimum absolute atomic E-state index is 0.101. The van der Waals surface area contributed by atoms with Gasteiger partial charge in [0.2, 0.25) is 0 Å². The lowest BCUT2D eigenvalue weighted by Gasteiger charge is -2.39. The Hall–Kier alpha value is -1.86. The Morgan fingerprint density at radius 2 is 2.00 bits per heavy atom. The van der Waals surface area contributed by atoms with Crippen LogP contribution in [0, 0.1) is 5.92 Å². The van der Waals surface area contributed by atoms with E-state index in [1.54, 1.807) is 6.07 Å². The lowest BCUT2D eigenvalue weighted by atomic mass is 9.98. The lowest BCUT2D eigenvalue weighted by Crippen LogP contribution is -2.47. The second kappa shape index (κ2) is 4.07. The topological polar surface area (TPSA) is 46.3 Å². The van der Waals surface area contributed by atoms with E-state index in [9.17, 15) is 13.2 Å². The van der Waals surface area contributed by atoms with E-state index in [4.69, 9.17) is 0 Å². The summed E-state index contributed by atoms with van der Waals surface area (Å²) in [6.07, 6.45) is -3.48. The molecule has 2 aromatic heterocycles. The molecule has 1 fully saturated rings. The van der Waals surface area contributed by atoms with Gasteiger partial charge in [0.25, 0.3) is 5.82 Å². The summed E-state index contributed by atoms with van der Waals surface area (Å²) in [5.74, 6) is 0.0416. The van der Waals surface area contributed by atoms with Crippen LogP contribution < -0.4 is 4.90 Å². The molecule has 0 saturated carbocycles. The van der Waals surface area contributed by atoms with Crippen LogP contribution in [0.4, 0.5) is 19.0 Å². The summed E-state index contributed by atoms with van der Waals surface area (Å²) < 4.78 is 38.9. The summed E-state index contributed by atoms with van der Waals surface area (Å²) in [5.41, 5.74) is 0.101. The number of alkyl halides is 3. The molecular formula is C11H12F3N5. The van der Waals surface area contributed by atoms with Gasteiger partial charge in [-0.2, -0.15) is 17.7 Å². The maximum absolute atomic E-state index is 12.7. The van der Waals surface area contributed by atoms with Crippen molar-refractivity contribution >= 4 is 11.5 Å². The van der Waals surface area contributed by atoms with E-state index in [0.29, 0.717) is 11.7 Å². The van der Waals surface area contributed by atoms with Crippen LogP contribution in [0.15, 0.2) is 12.1 Å². The van der Waals surface area contributed by atoms with Gasteiger partial charge in [0, 0.05) is 13.1 Å². The summed E-state index contributed by atoms with van der Waals surface area (Å²) in [5, 5.41) is 10.6. The molecule has 0 radical (unpaired) electrons. The van der Waals surface area contributed by atoms with Gasteiger partial charge in [-0.15, -0.1) is 15.3 Å². The second-order valence-electron chi connectivity index (χ2n) is 4.66. The van der Waals surface area contributed by atoms with E-state index in [1.807, 2.05) is 4.90 Å². The third-order valence-electron chi connectivity index (χ3n) is 3.36. The average Bonchev–Trinajstić information content (AvgIpc) is 2.70. The number of nitrogens with zero attached hydrogens (tertiary/aromatic N) is 5. The highest BCUT2D eigenvalue weighted by Crippen LogP contribution is 2.29. The number of rotatable bonds is 2. The molecular weight excluding hydrogens is 259 g/mol. The predicted octanol–water partition coefficient (Wildman–Crippen LogP) is 1.99. The SMILES string of the molecule is CCC1CN(c2ccc3nnc(C(F)(F)F)n3n2)C1. The quantitative estimate of drug-likeness (QED) is 0.838. The van der Waals surface area contributed by atoms with Gasteiger partial charge in [0.15, 0.2) is 5.65 Å². The zero-order valence-corrected chi connectivity index (χ0v) is 10.2. The zero-order chi connectivity index (χ0) is 13.6. The third-order valence-corrected chi connectivity index (χ3v) is 3.36. The highest BCUT2D eigenvalue weighted by Gasteiger charge is 2.38. The predicted molar refractivity (Wildman–Crippen MR) is 61.8 cm³/mol. The van der Waals surface area contributed by atoms with Crippen LogP contribution in [0.3, 0.4) is 0 Å². The Morgan fingerprint density at radius 1 is 1.26 bits per heavy atom. The molecule has 1 aliphatic rings. The molecule has 0 amide bonds. The number of fused-ring (bicyclic) bond motifs is 1. The first-order valence-electron chi connectivity index (χ1n) is 6.03. The normalized spacial score (nSPS) is 16.9. The zero-order valence-electron chi connectivity index (χ0n) is 10.2. The number of hydrogen-bond donors (Lipinski definition) is 0. The van der Waals surface area contributed by atoms with Crippen molar-refractivity contribution in [3.63, 3.8) is 0 Å². The molecule has 0 bridgehead atoms. The molecule has 0 spiro atoms. The Balaban J connectivity index is 1.96. The molecule has 19 heavy (non-hydrogen) atoms.